The van der Waals surface area contributed by atoms with Gasteiger partial charge in [0.05, 0.1) is 12.1 Å². The highest BCUT2D eigenvalue weighted by Crippen LogP contribution is 2.28. The summed E-state index contributed by atoms with van der Waals surface area (Å²) in [4.78, 5) is 18.9. The Kier molecular flexibility index (Phi) is 5.14. The van der Waals surface area contributed by atoms with E-state index in [1.807, 2.05) is 11.0 Å². The number of rotatable bonds is 5. The topological polar surface area (TPSA) is 59.2 Å². The van der Waals surface area contributed by atoms with E-state index in [0.29, 0.717) is 17.3 Å². The number of hydrogen-bond donors (Lipinski definition) is 1. The summed E-state index contributed by atoms with van der Waals surface area (Å²) in [7, 11) is 0. The molecule has 0 aliphatic heterocycles. The third-order valence-electron chi connectivity index (χ3n) is 3.34. The van der Waals surface area contributed by atoms with Crippen molar-refractivity contribution in [2.75, 3.05) is 13.1 Å². The van der Waals surface area contributed by atoms with Crippen LogP contribution in [0.25, 0.3) is 0 Å². The molecule has 1 aromatic rings. The molecule has 4 heteroatoms. The minimum absolute atomic E-state index is 0.00266. The zero-order valence-corrected chi connectivity index (χ0v) is 11.9. The van der Waals surface area contributed by atoms with Crippen LogP contribution in [0.2, 0.25) is 0 Å². The zero-order valence-electron chi connectivity index (χ0n) is 11.9. The highest BCUT2D eigenvalue weighted by atomic mass is 16.2. The fourth-order valence-electron chi connectivity index (χ4n) is 2.12. The molecule has 0 bridgehead atoms. The SMILES string of the molecule is CCCCN(C(=O)c1ncccc1C#CCN)C1CC1. The van der Waals surface area contributed by atoms with Gasteiger partial charge in [-0.1, -0.05) is 25.2 Å². The molecule has 0 unspecified atom stereocenters. The number of hydrogen-bond acceptors (Lipinski definition) is 3. The van der Waals surface area contributed by atoms with Crippen LogP contribution in [0.1, 0.15) is 48.7 Å². The Morgan fingerprint density at radius 1 is 1.55 bits per heavy atom. The van der Waals surface area contributed by atoms with Gasteiger partial charge in [0.2, 0.25) is 0 Å². The molecular formula is C16H21N3O. The molecule has 1 heterocycles. The molecule has 2 N–H and O–H groups in total. The number of unbranched alkanes of at least 4 members (excludes halogenated alkanes) is 1. The smallest absolute Gasteiger partial charge is 0.273 e. The number of nitrogens with zero attached hydrogens (tertiary/aromatic N) is 2. The number of amides is 1. The number of nitrogens with two attached hydrogens (primary N) is 1. The number of carbonyl (C=O) groups is 1. The summed E-state index contributed by atoms with van der Waals surface area (Å²) in [5.41, 5.74) is 6.52. The van der Waals surface area contributed by atoms with Gasteiger partial charge in [-0.2, -0.15) is 0 Å². The van der Waals surface area contributed by atoms with E-state index in [-0.39, 0.29) is 12.5 Å². The van der Waals surface area contributed by atoms with Gasteiger partial charge in [-0.05, 0) is 31.4 Å². The zero-order chi connectivity index (χ0) is 14.4. The molecule has 0 spiro atoms. The van der Waals surface area contributed by atoms with Crippen molar-refractivity contribution in [2.45, 2.75) is 38.6 Å². The van der Waals surface area contributed by atoms with Crippen LogP contribution in [0.3, 0.4) is 0 Å². The summed E-state index contributed by atoms with van der Waals surface area (Å²) in [6.07, 6.45) is 5.96. The van der Waals surface area contributed by atoms with Gasteiger partial charge in [-0.25, -0.2) is 4.98 Å². The molecule has 1 fully saturated rings. The Balaban J connectivity index is 2.22. The van der Waals surface area contributed by atoms with Gasteiger partial charge in [0.1, 0.15) is 5.69 Å². The maximum atomic E-state index is 12.7. The summed E-state index contributed by atoms with van der Waals surface area (Å²) in [5, 5.41) is 0. The van der Waals surface area contributed by atoms with Crippen LogP contribution in [0, 0.1) is 11.8 Å². The largest absolute Gasteiger partial charge is 0.334 e. The summed E-state index contributed by atoms with van der Waals surface area (Å²) in [6.45, 7) is 3.22. The second-order valence-electron chi connectivity index (χ2n) is 4.99. The predicted molar refractivity (Wildman–Crippen MR) is 79.1 cm³/mol. The minimum atomic E-state index is 0.00266. The Morgan fingerprint density at radius 3 is 3.00 bits per heavy atom. The van der Waals surface area contributed by atoms with Crippen molar-refractivity contribution in [2.24, 2.45) is 5.73 Å². The predicted octanol–water partition coefficient (Wildman–Crippen LogP) is 1.80. The van der Waals surface area contributed by atoms with Crippen LogP contribution in [0.4, 0.5) is 0 Å². The van der Waals surface area contributed by atoms with Gasteiger partial charge in [0.15, 0.2) is 0 Å². The van der Waals surface area contributed by atoms with Crippen molar-refractivity contribution in [3.63, 3.8) is 0 Å². The quantitative estimate of drug-likeness (QED) is 0.831. The highest BCUT2D eigenvalue weighted by Gasteiger charge is 2.33. The van der Waals surface area contributed by atoms with Crippen molar-refractivity contribution < 1.29 is 4.79 Å². The summed E-state index contributed by atoms with van der Waals surface area (Å²) in [5.74, 6) is 5.74. The van der Waals surface area contributed by atoms with Crippen LogP contribution in [0.15, 0.2) is 18.3 Å². The molecule has 20 heavy (non-hydrogen) atoms. The minimum Gasteiger partial charge on any atom is -0.334 e. The Morgan fingerprint density at radius 2 is 2.35 bits per heavy atom. The molecule has 1 saturated carbocycles. The van der Waals surface area contributed by atoms with Crippen molar-refractivity contribution in [3.8, 4) is 11.8 Å². The van der Waals surface area contributed by atoms with E-state index < -0.39 is 0 Å². The molecule has 106 valence electrons. The second kappa shape index (κ2) is 7.06. The highest BCUT2D eigenvalue weighted by molar-refractivity contribution is 5.95. The number of aromatic nitrogens is 1. The van der Waals surface area contributed by atoms with Gasteiger partial charge < -0.3 is 10.6 Å². The van der Waals surface area contributed by atoms with E-state index >= 15 is 0 Å². The fraction of sp³-hybridized carbons (Fsp3) is 0.500. The Bertz CT molecular complexity index is 526. The van der Waals surface area contributed by atoms with Gasteiger partial charge in [-0.3, -0.25) is 4.79 Å². The lowest BCUT2D eigenvalue weighted by Crippen LogP contribution is -2.35. The van der Waals surface area contributed by atoms with Crippen LogP contribution in [-0.4, -0.2) is 34.9 Å². The Hall–Kier alpha value is -1.86. The summed E-state index contributed by atoms with van der Waals surface area (Å²) in [6, 6.07) is 4.02. The fourth-order valence-corrected chi connectivity index (χ4v) is 2.12. The first-order valence-corrected chi connectivity index (χ1v) is 7.22. The molecule has 1 aliphatic carbocycles. The van der Waals surface area contributed by atoms with Gasteiger partial charge >= 0.3 is 0 Å². The molecule has 1 amide bonds. The third kappa shape index (κ3) is 3.58. The van der Waals surface area contributed by atoms with Crippen molar-refractivity contribution in [1.82, 2.24) is 9.88 Å². The molecule has 0 atom stereocenters. The van der Waals surface area contributed by atoms with Gasteiger partial charge in [0, 0.05) is 18.8 Å². The third-order valence-corrected chi connectivity index (χ3v) is 3.34. The molecule has 1 aliphatic rings. The van der Waals surface area contributed by atoms with E-state index in [9.17, 15) is 4.79 Å². The number of pyridine rings is 1. The van der Waals surface area contributed by atoms with E-state index in [1.54, 1.807) is 12.3 Å². The van der Waals surface area contributed by atoms with Crippen molar-refractivity contribution in [3.05, 3.63) is 29.6 Å². The first kappa shape index (κ1) is 14.5. The van der Waals surface area contributed by atoms with E-state index in [1.165, 1.54) is 0 Å². The maximum absolute atomic E-state index is 12.7. The van der Waals surface area contributed by atoms with Gasteiger partial charge in [-0.15, -0.1) is 0 Å². The van der Waals surface area contributed by atoms with E-state index in [4.69, 9.17) is 5.73 Å². The average Bonchev–Trinajstić information content (AvgIpc) is 3.30. The number of carbonyl (C=O) groups excluding carboxylic acids is 1. The maximum Gasteiger partial charge on any atom is 0.273 e. The van der Waals surface area contributed by atoms with Crippen LogP contribution >= 0.6 is 0 Å². The molecule has 0 radical (unpaired) electrons. The van der Waals surface area contributed by atoms with Crippen molar-refractivity contribution >= 4 is 5.91 Å². The van der Waals surface area contributed by atoms with Crippen LogP contribution in [0.5, 0.6) is 0 Å². The Labute approximate surface area is 120 Å². The van der Waals surface area contributed by atoms with Crippen LogP contribution < -0.4 is 5.73 Å². The second-order valence-corrected chi connectivity index (χ2v) is 4.99. The monoisotopic (exact) mass is 271 g/mol. The molecule has 4 nitrogen and oxygen atoms in total. The lowest BCUT2D eigenvalue weighted by molar-refractivity contribution is 0.0734. The molecular weight excluding hydrogens is 250 g/mol. The van der Waals surface area contributed by atoms with E-state index in [2.05, 4.69) is 23.7 Å². The van der Waals surface area contributed by atoms with Crippen molar-refractivity contribution in [1.29, 1.82) is 0 Å². The van der Waals surface area contributed by atoms with E-state index in [0.717, 1.165) is 32.2 Å². The van der Waals surface area contributed by atoms with Gasteiger partial charge in [0.25, 0.3) is 5.91 Å². The molecule has 0 aromatic carbocycles. The van der Waals surface area contributed by atoms with Crippen LogP contribution in [-0.2, 0) is 0 Å². The summed E-state index contributed by atoms with van der Waals surface area (Å²) < 4.78 is 0. The molecule has 0 saturated heterocycles. The standard InChI is InChI=1S/C16H21N3O/c1-2-3-12-19(14-8-9-14)16(20)15-13(6-4-10-17)7-5-11-18-15/h5,7,11,14H,2-3,8-10,12,17H2,1H3. The average molecular weight is 271 g/mol. The molecule has 2 rings (SSSR count). The lowest BCUT2D eigenvalue weighted by atomic mass is 10.1. The normalized spacial score (nSPS) is 13.5. The first-order valence-electron chi connectivity index (χ1n) is 7.22. The molecule has 1 aromatic heterocycles. The summed E-state index contributed by atoms with van der Waals surface area (Å²) >= 11 is 0. The first-order chi connectivity index (χ1) is 9.77. The lowest BCUT2D eigenvalue weighted by Gasteiger charge is -2.22.